The van der Waals surface area contributed by atoms with Crippen LogP contribution in [-0.2, 0) is 16.6 Å². The molecule has 0 fully saturated rings. The van der Waals surface area contributed by atoms with Gasteiger partial charge in [-0.3, -0.25) is 14.2 Å². The van der Waals surface area contributed by atoms with Crippen LogP contribution in [0.15, 0.2) is 64.5 Å². The highest BCUT2D eigenvalue weighted by atomic mass is 32.2. The van der Waals surface area contributed by atoms with Crippen LogP contribution in [0.2, 0.25) is 0 Å². The lowest BCUT2D eigenvalue weighted by molar-refractivity contribution is 0.0953. The number of anilines is 1. The Hall–Kier alpha value is -3.86. The Morgan fingerprint density at radius 2 is 1.91 bits per heavy atom. The Balaban J connectivity index is 1.45. The van der Waals surface area contributed by atoms with Gasteiger partial charge in [-0.25, -0.2) is 13.2 Å². The zero-order valence-corrected chi connectivity index (χ0v) is 18.1. The van der Waals surface area contributed by atoms with Crippen molar-refractivity contribution in [2.75, 3.05) is 11.3 Å². The molecule has 166 valence electrons. The number of benzene rings is 2. The maximum atomic E-state index is 12.9. The SMILES string of the molecule is Cc1cnn(CCCNC(=O)c2ccccc2NS(=O)(=O)c2ccc3[nH]c(=O)[nH]c3c2)c1. The smallest absolute Gasteiger partial charge is 0.323 e. The summed E-state index contributed by atoms with van der Waals surface area (Å²) in [7, 11) is -3.99. The first kappa shape index (κ1) is 21.4. The second-order valence-corrected chi connectivity index (χ2v) is 9.01. The third-order valence-electron chi connectivity index (χ3n) is 4.83. The number of aromatic amines is 2. The number of nitrogens with one attached hydrogen (secondary N) is 4. The quantitative estimate of drug-likeness (QED) is 0.301. The van der Waals surface area contributed by atoms with Crippen LogP contribution in [0.4, 0.5) is 5.69 Å². The zero-order valence-electron chi connectivity index (χ0n) is 17.3. The van der Waals surface area contributed by atoms with Crippen molar-refractivity contribution in [2.24, 2.45) is 0 Å². The molecule has 0 atom stereocenters. The molecule has 2 aromatic heterocycles. The van der Waals surface area contributed by atoms with E-state index in [1.807, 2.05) is 13.1 Å². The molecule has 1 amide bonds. The van der Waals surface area contributed by atoms with E-state index in [-0.39, 0.29) is 22.1 Å². The zero-order chi connectivity index (χ0) is 22.7. The molecular formula is C21H22N6O4S. The van der Waals surface area contributed by atoms with Gasteiger partial charge in [0.15, 0.2) is 0 Å². The molecule has 0 aliphatic rings. The molecule has 4 aromatic rings. The molecular weight excluding hydrogens is 432 g/mol. The Kier molecular flexibility index (Phi) is 5.82. The second kappa shape index (κ2) is 8.71. The van der Waals surface area contributed by atoms with Crippen LogP contribution in [0.1, 0.15) is 22.3 Å². The first-order valence-electron chi connectivity index (χ1n) is 9.93. The fourth-order valence-corrected chi connectivity index (χ4v) is 4.39. The number of aromatic nitrogens is 4. The van der Waals surface area contributed by atoms with Gasteiger partial charge >= 0.3 is 5.69 Å². The topological polar surface area (TPSA) is 142 Å². The van der Waals surface area contributed by atoms with Crippen LogP contribution >= 0.6 is 0 Å². The van der Waals surface area contributed by atoms with E-state index in [4.69, 9.17) is 0 Å². The highest BCUT2D eigenvalue weighted by molar-refractivity contribution is 7.92. The number of amides is 1. The highest BCUT2D eigenvalue weighted by Gasteiger charge is 2.19. The van der Waals surface area contributed by atoms with Gasteiger partial charge in [-0.2, -0.15) is 5.10 Å². The number of carbonyl (C=O) groups is 1. The standard InChI is InChI=1S/C21H22N6O4S/c1-14-12-23-27(13-14)10-4-9-22-20(28)16-5-2-3-6-17(16)26-32(30,31)15-7-8-18-19(11-15)25-21(29)24-18/h2-3,5-8,11-13,26H,4,9-10H2,1H3,(H,22,28)(H2,24,25,29). The summed E-state index contributed by atoms with van der Waals surface area (Å²) in [5, 5.41) is 7.01. The fraction of sp³-hybridized carbons (Fsp3) is 0.190. The molecule has 4 N–H and O–H groups in total. The lowest BCUT2D eigenvalue weighted by atomic mass is 10.1. The molecule has 0 aliphatic heterocycles. The summed E-state index contributed by atoms with van der Waals surface area (Å²) in [6, 6.07) is 10.6. The van der Waals surface area contributed by atoms with Gasteiger partial charge in [0.05, 0.1) is 33.4 Å². The summed E-state index contributed by atoms with van der Waals surface area (Å²) < 4.78 is 30.1. The number of hydrogen-bond acceptors (Lipinski definition) is 5. The Bertz CT molecular complexity index is 1430. The van der Waals surface area contributed by atoms with Crippen LogP contribution in [0.3, 0.4) is 0 Å². The molecule has 0 bridgehead atoms. The van der Waals surface area contributed by atoms with Crippen LogP contribution in [0.25, 0.3) is 11.0 Å². The largest absolute Gasteiger partial charge is 0.352 e. The number of carbonyl (C=O) groups excluding carboxylic acids is 1. The van der Waals surface area contributed by atoms with E-state index in [1.54, 1.807) is 29.1 Å². The molecule has 10 nitrogen and oxygen atoms in total. The Morgan fingerprint density at radius 1 is 1.12 bits per heavy atom. The number of H-pyrrole nitrogens is 2. The van der Waals surface area contributed by atoms with Gasteiger partial charge in [0.2, 0.25) is 0 Å². The van der Waals surface area contributed by atoms with Crippen molar-refractivity contribution >= 4 is 32.7 Å². The van der Waals surface area contributed by atoms with Gasteiger partial charge in [-0.05, 0) is 49.2 Å². The van der Waals surface area contributed by atoms with Crippen LogP contribution in [0, 0.1) is 6.92 Å². The molecule has 0 radical (unpaired) electrons. The third kappa shape index (κ3) is 4.72. The van der Waals surface area contributed by atoms with Gasteiger partial charge in [-0.1, -0.05) is 12.1 Å². The van der Waals surface area contributed by atoms with E-state index in [9.17, 15) is 18.0 Å². The summed E-state index contributed by atoms with van der Waals surface area (Å²) in [5.41, 5.74) is 1.89. The fourth-order valence-electron chi connectivity index (χ4n) is 3.28. The van der Waals surface area contributed by atoms with Crippen LogP contribution in [-0.4, -0.2) is 40.6 Å². The number of rotatable bonds is 8. The minimum atomic E-state index is -3.99. The second-order valence-electron chi connectivity index (χ2n) is 7.33. The number of hydrogen-bond donors (Lipinski definition) is 4. The number of nitrogens with zero attached hydrogens (tertiary/aromatic N) is 2. The number of aryl methyl sites for hydroxylation is 2. The van der Waals surface area contributed by atoms with Crippen LogP contribution in [0.5, 0.6) is 0 Å². The number of imidazole rings is 1. The Labute approximate surface area is 183 Å². The van der Waals surface area contributed by atoms with Crippen molar-refractivity contribution in [2.45, 2.75) is 24.8 Å². The van der Waals surface area contributed by atoms with Crippen molar-refractivity contribution < 1.29 is 13.2 Å². The van der Waals surface area contributed by atoms with Crippen molar-refractivity contribution in [1.29, 1.82) is 0 Å². The summed E-state index contributed by atoms with van der Waals surface area (Å²) in [4.78, 5) is 29.2. The van der Waals surface area contributed by atoms with Crippen molar-refractivity contribution in [3.63, 3.8) is 0 Å². The van der Waals surface area contributed by atoms with Gasteiger partial charge in [-0.15, -0.1) is 0 Å². The monoisotopic (exact) mass is 454 g/mol. The average molecular weight is 455 g/mol. The lowest BCUT2D eigenvalue weighted by Gasteiger charge is -2.13. The molecule has 0 aliphatic carbocycles. The average Bonchev–Trinajstić information content (AvgIpc) is 3.34. The highest BCUT2D eigenvalue weighted by Crippen LogP contribution is 2.22. The number of fused-ring (bicyclic) bond motifs is 1. The molecule has 32 heavy (non-hydrogen) atoms. The van der Waals surface area contributed by atoms with Gasteiger partial charge in [0, 0.05) is 19.3 Å². The summed E-state index contributed by atoms with van der Waals surface area (Å²) in [6.45, 7) is 3.03. The van der Waals surface area contributed by atoms with Crippen molar-refractivity contribution in [1.82, 2.24) is 25.1 Å². The van der Waals surface area contributed by atoms with E-state index in [2.05, 4.69) is 25.1 Å². The minimum absolute atomic E-state index is 0.0371. The number of sulfonamides is 1. The maximum absolute atomic E-state index is 12.9. The molecule has 0 saturated heterocycles. The van der Waals surface area contributed by atoms with E-state index in [0.717, 1.165) is 5.56 Å². The van der Waals surface area contributed by atoms with E-state index in [1.165, 1.54) is 24.3 Å². The molecule has 2 aromatic carbocycles. The molecule has 0 unspecified atom stereocenters. The maximum Gasteiger partial charge on any atom is 0.323 e. The molecule has 0 spiro atoms. The van der Waals surface area contributed by atoms with Gasteiger partial charge < -0.3 is 15.3 Å². The van der Waals surface area contributed by atoms with E-state index < -0.39 is 15.7 Å². The van der Waals surface area contributed by atoms with E-state index in [0.29, 0.717) is 30.5 Å². The summed E-state index contributed by atoms with van der Waals surface area (Å²) in [5.74, 6) is -0.384. The predicted molar refractivity (Wildman–Crippen MR) is 120 cm³/mol. The molecule has 2 heterocycles. The normalized spacial score (nSPS) is 11.5. The van der Waals surface area contributed by atoms with Crippen LogP contribution < -0.4 is 15.7 Å². The van der Waals surface area contributed by atoms with Crippen molar-refractivity contribution in [3.8, 4) is 0 Å². The third-order valence-corrected chi connectivity index (χ3v) is 6.19. The molecule has 0 saturated carbocycles. The summed E-state index contributed by atoms with van der Waals surface area (Å²) in [6.07, 6.45) is 4.37. The lowest BCUT2D eigenvalue weighted by Crippen LogP contribution is -2.27. The first-order chi connectivity index (χ1) is 15.3. The Morgan fingerprint density at radius 3 is 2.69 bits per heavy atom. The van der Waals surface area contributed by atoms with Crippen molar-refractivity contribution in [3.05, 3.63) is 76.5 Å². The first-order valence-corrected chi connectivity index (χ1v) is 11.4. The predicted octanol–water partition coefficient (Wildman–Crippen LogP) is 1.98. The van der Waals surface area contributed by atoms with Gasteiger partial charge in [0.1, 0.15) is 0 Å². The molecule has 4 rings (SSSR count). The molecule has 11 heteroatoms. The van der Waals surface area contributed by atoms with Gasteiger partial charge in [0.25, 0.3) is 15.9 Å². The van der Waals surface area contributed by atoms with E-state index >= 15 is 0 Å². The summed E-state index contributed by atoms with van der Waals surface area (Å²) >= 11 is 0. The number of para-hydroxylation sites is 1. The minimum Gasteiger partial charge on any atom is -0.352 e.